The zero-order valence-electron chi connectivity index (χ0n) is 10.2. The molecule has 2 rings (SSSR count). The average molecular weight is 266 g/mol. The second-order valence-corrected chi connectivity index (χ2v) is 4.64. The van der Waals surface area contributed by atoms with Crippen LogP contribution in [0.15, 0.2) is 24.3 Å². The van der Waals surface area contributed by atoms with Crippen LogP contribution in [0.4, 0.5) is 9.18 Å². The van der Waals surface area contributed by atoms with Gasteiger partial charge in [-0.2, -0.15) is 0 Å². The molecular weight excluding hydrogens is 251 g/mol. The molecule has 102 valence electrons. The van der Waals surface area contributed by atoms with E-state index >= 15 is 0 Å². The predicted octanol–water partition coefficient (Wildman–Crippen LogP) is 1.74. The summed E-state index contributed by atoms with van der Waals surface area (Å²) in [6.45, 7) is 0. The maximum Gasteiger partial charge on any atom is 0.404 e. The van der Waals surface area contributed by atoms with Crippen molar-refractivity contribution in [3.05, 3.63) is 35.6 Å². The highest BCUT2D eigenvalue weighted by Gasteiger charge is 2.27. The number of carboxylic acid groups (broad SMARTS) is 1. The minimum atomic E-state index is -1.05. The van der Waals surface area contributed by atoms with Crippen molar-refractivity contribution < 1.29 is 19.1 Å². The molecule has 1 aliphatic carbocycles. The third kappa shape index (κ3) is 3.67. The Morgan fingerprint density at radius 3 is 2.26 bits per heavy atom. The molecule has 5 nitrogen and oxygen atoms in total. The Bertz CT molecular complexity index is 475. The van der Waals surface area contributed by atoms with Gasteiger partial charge >= 0.3 is 6.09 Å². The van der Waals surface area contributed by atoms with Crippen molar-refractivity contribution >= 4 is 12.0 Å². The molecule has 3 N–H and O–H groups in total. The quantitative estimate of drug-likeness (QED) is 0.779. The lowest BCUT2D eigenvalue weighted by molar-refractivity contribution is 0.0937. The van der Waals surface area contributed by atoms with Gasteiger partial charge in [-0.3, -0.25) is 4.79 Å². The van der Waals surface area contributed by atoms with Crippen LogP contribution in [0.2, 0.25) is 0 Å². The molecule has 0 bridgehead atoms. The van der Waals surface area contributed by atoms with Gasteiger partial charge in [-0.25, -0.2) is 9.18 Å². The smallest absolute Gasteiger partial charge is 0.404 e. The second-order valence-electron chi connectivity index (χ2n) is 4.64. The average Bonchev–Trinajstić information content (AvgIpc) is 2.76. The SMILES string of the molecule is O=C(O)N[C@@H]1CC[C@H](NC(=O)c2ccc(F)cc2)C1. The van der Waals surface area contributed by atoms with E-state index in [1.807, 2.05) is 0 Å². The lowest BCUT2D eigenvalue weighted by Gasteiger charge is -2.13. The molecule has 2 amide bonds. The fraction of sp³-hybridized carbons (Fsp3) is 0.385. The number of hydrogen-bond acceptors (Lipinski definition) is 2. The number of benzene rings is 1. The zero-order chi connectivity index (χ0) is 13.8. The van der Waals surface area contributed by atoms with E-state index < -0.39 is 6.09 Å². The van der Waals surface area contributed by atoms with Crippen LogP contribution >= 0.6 is 0 Å². The Hall–Kier alpha value is -2.11. The molecule has 0 aliphatic heterocycles. The van der Waals surface area contributed by atoms with Gasteiger partial charge in [-0.05, 0) is 43.5 Å². The maximum atomic E-state index is 12.7. The van der Waals surface area contributed by atoms with Gasteiger partial charge in [-0.1, -0.05) is 0 Å². The van der Waals surface area contributed by atoms with Crippen molar-refractivity contribution in [2.24, 2.45) is 0 Å². The topological polar surface area (TPSA) is 78.4 Å². The summed E-state index contributed by atoms with van der Waals surface area (Å²) in [5.74, 6) is -0.649. The van der Waals surface area contributed by atoms with Crippen molar-refractivity contribution in [3.8, 4) is 0 Å². The van der Waals surface area contributed by atoms with E-state index in [9.17, 15) is 14.0 Å². The second kappa shape index (κ2) is 5.69. The van der Waals surface area contributed by atoms with Crippen LogP contribution in [0.25, 0.3) is 0 Å². The molecule has 0 radical (unpaired) electrons. The molecule has 1 aliphatic rings. The monoisotopic (exact) mass is 266 g/mol. The Balaban J connectivity index is 1.87. The first-order valence-corrected chi connectivity index (χ1v) is 6.10. The molecule has 0 spiro atoms. The third-order valence-corrected chi connectivity index (χ3v) is 3.20. The minimum Gasteiger partial charge on any atom is -0.465 e. The molecule has 6 heteroatoms. The Labute approximate surface area is 109 Å². The van der Waals surface area contributed by atoms with Crippen molar-refractivity contribution in [2.45, 2.75) is 31.3 Å². The van der Waals surface area contributed by atoms with Crippen LogP contribution in [-0.4, -0.2) is 29.2 Å². The first kappa shape index (κ1) is 13.3. The van der Waals surface area contributed by atoms with Crippen LogP contribution in [-0.2, 0) is 0 Å². The van der Waals surface area contributed by atoms with Gasteiger partial charge in [0.05, 0.1) is 0 Å². The van der Waals surface area contributed by atoms with Crippen molar-refractivity contribution in [1.29, 1.82) is 0 Å². The molecular formula is C13H15FN2O3. The highest BCUT2D eigenvalue weighted by atomic mass is 19.1. The molecule has 1 fully saturated rings. The molecule has 0 aromatic heterocycles. The minimum absolute atomic E-state index is 0.0468. The third-order valence-electron chi connectivity index (χ3n) is 3.20. The molecule has 19 heavy (non-hydrogen) atoms. The van der Waals surface area contributed by atoms with Gasteiger partial charge < -0.3 is 15.7 Å². The van der Waals surface area contributed by atoms with E-state index in [1.165, 1.54) is 24.3 Å². The van der Waals surface area contributed by atoms with Crippen LogP contribution in [0.5, 0.6) is 0 Å². The van der Waals surface area contributed by atoms with E-state index in [2.05, 4.69) is 10.6 Å². The summed E-state index contributed by atoms with van der Waals surface area (Å²) in [6, 6.07) is 5.15. The summed E-state index contributed by atoms with van der Waals surface area (Å²) >= 11 is 0. The first-order valence-electron chi connectivity index (χ1n) is 6.10. The van der Waals surface area contributed by atoms with Crippen molar-refractivity contribution in [3.63, 3.8) is 0 Å². The lowest BCUT2D eigenvalue weighted by Crippen LogP contribution is -2.36. The lowest BCUT2D eigenvalue weighted by atomic mass is 10.1. The number of nitrogens with one attached hydrogen (secondary N) is 2. The van der Waals surface area contributed by atoms with Crippen LogP contribution in [0.3, 0.4) is 0 Å². The molecule has 1 saturated carbocycles. The van der Waals surface area contributed by atoms with Gasteiger partial charge in [0.2, 0.25) is 0 Å². The fourth-order valence-corrected chi connectivity index (χ4v) is 2.29. The van der Waals surface area contributed by atoms with Crippen LogP contribution in [0.1, 0.15) is 29.6 Å². The number of halogens is 1. The summed E-state index contributed by atoms with van der Waals surface area (Å²) < 4.78 is 12.7. The van der Waals surface area contributed by atoms with Gasteiger partial charge in [0.25, 0.3) is 5.91 Å². The Kier molecular flexibility index (Phi) is 3.99. The number of hydrogen-bond donors (Lipinski definition) is 3. The number of carbonyl (C=O) groups is 2. The van der Waals surface area contributed by atoms with E-state index in [0.717, 1.165) is 6.42 Å². The van der Waals surface area contributed by atoms with E-state index in [1.54, 1.807) is 0 Å². The fourth-order valence-electron chi connectivity index (χ4n) is 2.29. The van der Waals surface area contributed by atoms with Gasteiger partial charge in [0.15, 0.2) is 0 Å². The molecule has 1 aromatic carbocycles. The van der Waals surface area contributed by atoms with E-state index in [4.69, 9.17) is 5.11 Å². The standard InChI is InChI=1S/C13H15FN2O3/c14-9-3-1-8(2-4-9)12(17)15-10-5-6-11(7-10)16-13(18)19/h1-4,10-11,16H,5-7H2,(H,15,17)(H,18,19)/t10-,11+/m0/s1. The Morgan fingerprint density at radius 1 is 1.11 bits per heavy atom. The molecule has 0 heterocycles. The molecule has 1 aromatic rings. The Morgan fingerprint density at radius 2 is 1.68 bits per heavy atom. The highest BCUT2D eigenvalue weighted by Crippen LogP contribution is 2.19. The molecule has 0 saturated heterocycles. The zero-order valence-corrected chi connectivity index (χ0v) is 10.2. The highest BCUT2D eigenvalue weighted by molar-refractivity contribution is 5.94. The van der Waals surface area contributed by atoms with Crippen molar-refractivity contribution in [1.82, 2.24) is 10.6 Å². The maximum absolute atomic E-state index is 12.7. The summed E-state index contributed by atoms with van der Waals surface area (Å²) in [4.78, 5) is 22.4. The summed E-state index contributed by atoms with van der Waals surface area (Å²) in [5, 5.41) is 13.8. The van der Waals surface area contributed by atoms with E-state index in [-0.39, 0.29) is 23.8 Å². The predicted molar refractivity (Wildman–Crippen MR) is 66.5 cm³/mol. The molecule has 2 atom stereocenters. The van der Waals surface area contributed by atoms with Crippen molar-refractivity contribution in [2.75, 3.05) is 0 Å². The number of amides is 2. The van der Waals surface area contributed by atoms with Crippen LogP contribution < -0.4 is 10.6 Å². The largest absolute Gasteiger partial charge is 0.465 e. The van der Waals surface area contributed by atoms with E-state index in [0.29, 0.717) is 18.4 Å². The van der Waals surface area contributed by atoms with Gasteiger partial charge in [0, 0.05) is 17.6 Å². The van der Waals surface area contributed by atoms with Gasteiger partial charge in [0.1, 0.15) is 5.82 Å². The summed E-state index contributed by atoms with van der Waals surface area (Å²) in [7, 11) is 0. The van der Waals surface area contributed by atoms with Crippen LogP contribution in [0, 0.1) is 5.82 Å². The number of rotatable bonds is 3. The number of carbonyl (C=O) groups excluding carboxylic acids is 1. The first-order chi connectivity index (χ1) is 9.04. The summed E-state index contributed by atoms with van der Waals surface area (Å²) in [5.41, 5.74) is 0.399. The van der Waals surface area contributed by atoms with Gasteiger partial charge in [-0.15, -0.1) is 0 Å². The summed E-state index contributed by atoms with van der Waals surface area (Å²) in [6.07, 6.45) is 0.980. The normalized spacial score (nSPS) is 21.9. The molecule has 0 unspecified atom stereocenters.